The highest BCUT2D eigenvalue weighted by molar-refractivity contribution is 5.89. The zero-order valence-electron chi connectivity index (χ0n) is 12.2. The second-order valence-electron chi connectivity index (χ2n) is 5.52. The molecular formula is C15H18N4O2. The van der Waals surface area contributed by atoms with Crippen LogP contribution in [0.2, 0.25) is 0 Å². The van der Waals surface area contributed by atoms with Crippen molar-refractivity contribution in [1.82, 2.24) is 15.5 Å². The highest BCUT2D eigenvalue weighted by Crippen LogP contribution is 2.27. The molecular weight excluding hydrogens is 268 g/mol. The molecule has 21 heavy (non-hydrogen) atoms. The summed E-state index contributed by atoms with van der Waals surface area (Å²) in [6.07, 6.45) is 2.38. The Morgan fingerprint density at radius 2 is 2.05 bits per heavy atom. The Morgan fingerprint density at radius 1 is 1.33 bits per heavy atom. The molecule has 0 radical (unpaired) electrons. The molecule has 0 spiro atoms. The largest absolute Gasteiger partial charge is 0.378 e. The van der Waals surface area contributed by atoms with Crippen LogP contribution in [-0.4, -0.2) is 36.7 Å². The van der Waals surface area contributed by atoms with Gasteiger partial charge in [0.25, 0.3) is 0 Å². The van der Waals surface area contributed by atoms with Crippen molar-refractivity contribution in [1.29, 1.82) is 0 Å². The molecule has 1 heterocycles. The van der Waals surface area contributed by atoms with Gasteiger partial charge in [0.05, 0.1) is 0 Å². The third kappa shape index (κ3) is 3.21. The van der Waals surface area contributed by atoms with Crippen LogP contribution in [0.15, 0.2) is 28.8 Å². The van der Waals surface area contributed by atoms with E-state index in [9.17, 15) is 4.79 Å². The maximum Gasteiger partial charge on any atom is 0.316 e. The van der Waals surface area contributed by atoms with E-state index in [1.54, 1.807) is 0 Å². The van der Waals surface area contributed by atoms with Crippen LogP contribution in [0.25, 0.3) is 11.4 Å². The molecule has 3 rings (SSSR count). The van der Waals surface area contributed by atoms with Crippen LogP contribution in [0.5, 0.6) is 0 Å². The first-order valence-corrected chi connectivity index (χ1v) is 7.03. The Morgan fingerprint density at radius 3 is 2.67 bits per heavy atom. The van der Waals surface area contributed by atoms with Crippen molar-refractivity contribution in [2.24, 2.45) is 5.92 Å². The van der Waals surface area contributed by atoms with Crippen LogP contribution in [0.1, 0.15) is 23.5 Å². The van der Waals surface area contributed by atoms with Crippen molar-refractivity contribution in [3.63, 3.8) is 0 Å². The number of nitrogens with zero attached hydrogens (tertiary/aromatic N) is 3. The summed E-state index contributed by atoms with van der Waals surface area (Å²) in [6.45, 7) is 0.689. The van der Waals surface area contributed by atoms with Gasteiger partial charge in [-0.1, -0.05) is 5.16 Å². The number of rotatable bonds is 5. The lowest BCUT2D eigenvalue weighted by Gasteiger charge is -2.11. The molecule has 1 aliphatic carbocycles. The number of hydrogen-bond acceptors (Lipinski definition) is 5. The molecule has 1 aromatic heterocycles. The fourth-order valence-corrected chi connectivity index (χ4v) is 1.98. The highest BCUT2D eigenvalue weighted by Gasteiger charge is 2.23. The number of anilines is 1. The Hall–Kier alpha value is -2.37. The minimum absolute atomic E-state index is 0.0161. The van der Waals surface area contributed by atoms with Crippen molar-refractivity contribution in [2.45, 2.75) is 12.8 Å². The lowest BCUT2D eigenvalue weighted by atomic mass is 10.2. The molecule has 0 aliphatic heterocycles. The molecule has 1 amide bonds. The van der Waals surface area contributed by atoms with Crippen LogP contribution >= 0.6 is 0 Å². The van der Waals surface area contributed by atoms with Gasteiger partial charge in [-0.05, 0) is 43.0 Å². The van der Waals surface area contributed by atoms with Gasteiger partial charge in [-0.15, -0.1) is 0 Å². The first-order valence-electron chi connectivity index (χ1n) is 7.03. The molecule has 0 atom stereocenters. The van der Waals surface area contributed by atoms with E-state index in [4.69, 9.17) is 4.52 Å². The molecule has 0 saturated heterocycles. The Balaban J connectivity index is 1.69. The fourth-order valence-electron chi connectivity index (χ4n) is 1.98. The van der Waals surface area contributed by atoms with Crippen molar-refractivity contribution in [2.75, 3.05) is 25.5 Å². The van der Waals surface area contributed by atoms with Crippen LogP contribution < -0.4 is 10.2 Å². The Kier molecular flexibility index (Phi) is 3.60. The lowest BCUT2D eigenvalue weighted by Crippen LogP contribution is -2.25. The molecule has 1 saturated carbocycles. The number of carbonyl (C=O) groups is 1. The molecule has 0 unspecified atom stereocenters. The third-order valence-corrected chi connectivity index (χ3v) is 3.51. The minimum Gasteiger partial charge on any atom is -0.378 e. The number of aromatic nitrogens is 2. The molecule has 6 nitrogen and oxygen atoms in total. The summed E-state index contributed by atoms with van der Waals surface area (Å²) in [6, 6.07) is 7.76. The lowest BCUT2D eigenvalue weighted by molar-refractivity contribution is 0.0908. The van der Waals surface area contributed by atoms with Gasteiger partial charge in [0.1, 0.15) is 0 Å². The topological polar surface area (TPSA) is 71.3 Å². The summed E-state index contributed by atoms with van der Waals surface area (Å²) in [5.41, 5.74) is 1.91. The maximum absolute atomic E-state index is 11.9. The Labute approximate surface area is 123 Å². The van der Waals surface area contributed by atoms with Crippen LogP contribution in [0.3, 0.4) is 0 Å². The summed E-state index contributed by atoms with van der Waals surface area (Å²) in [5.74, 6) is 0.764. The predicted molar refractivity (Wildman–Crippen MR) is 79.1 cm³/mol. The molecule has 2 aromatic rings. The van der Waals surface area contributed by atoms with E-state index in [0.29, 0.717) is 18.3 Å². The average Bonchev–Trinajstić information content (AvgIpc) is 3.19. The Bertz CT molecular complexity index is 629. The average molecular weight is 286 g/mol. The normalized spacial score (nSPS) is 14.0. The van der Waals surface area contributed by atoms with Gasteiger partial charge >= 0.3 is 11.8 Å². The summed E-state index contributed by atoms with van der Waals surface area (Å²) in [4.78, 5) is 18.0. The number of carbonyl (C=O) groups excluding carboxylic acids is 1. The van der Waals surface area contributed by atoms with Gasteiger partial charge in [-0.25, -0.2) is 0 Å². The molecule has 1 fully saturated rings. The van der Waals surface area contributed by atoms with E-state index in [0.717, 1.165) is 11.3 Å². The quantitative estimate of drug-likeness (QED) is 0.909. The zero-order chi connectivity index (χ0) is 14.8. The van der Waals surface area contributed by atoms with Crippen molar-refractivity contribution in [3.05, 3.63) is 30.2 Å². The molecule has 1 aliphatic rings. The van der Waals surface area contributed by atoms with E-state index in [-0.39, 0.29) is 11.8 Å². The first kappa shape index (κ1) is 13.6. The number of nitrogens with one attached hydrogen (secondary N) is 1. The molecule has 1 N–H and O–H groups in total. The van der Waals surface area contributed by atoms with E-state index < -0.39 is 0 Å². The number of hydrogen-bond donors (Lipinski definition) is 1. The second-order valence-corrected chi connectivity index (χ2v) is 5.52. The van der Waals surface area contributed by atoms with Crippen molar-refractivity contribution >= 4 is 11.6 Å². The van der Waals surface area contributed by atoms with Crippen molar-refractivity contribution in [3.8, 4) is 11.4 Å². The summed E-state index contributed by atoms with van der Waals surface area (Å²) >= 11 is 0. The summed E-state index contributed by atoms with van der Waals surface area (Å²) in [7, 11) is 3.96. The SMILES string of the molecule is CN(C)c1ccc(-c2noc(C(=O)NCC3CC3)n2)cc1. The van der Waals surface area contributed by atoms with Crippen LogP contribution in [-0.2, 0) is 0 Å². The van der Waals surface area contributed by atoms with Crippen molar-refractivity contribution < 1.29 is 9.32 Å². The first-order chi connectivity index (χ1) is 10.1. The molecule has 1 aromatic carbocycles. The molecule has 6 heteroatoms. The van der Waals surface area contributed by atoms with Gasteiger partial charge < -0.3 is 14.7 Å². The van der Waals surface area contributed by atoms with E-state index >= 15 is 0 Å². The maximum atomic E-state index is 11.9. The summed E-state index contributed by atoms with van der Waals surface area (Å²) in [5, 5.41) is 6.67. The standard InChI is InChI=1S/C15H18N4O2/c1-19(2)12-7-5-11(6-8-12)13-17-15(21-18-13)14(20)16-9-10-3-4-10/h5-8,10H,3-4,9H2,1-2H3,(H,16,20). The second kappa shape index (κ2) is 5.55. The van der Waals surface area contributed by atoms with E-state index in [1.807, 2.05) is 43.3 Å². The van der Waals surface area contributed by atoms with Gasteiger partial charge in [-0.2, -0.15) is 4.98 Å². The highest BCUT2D eigenvalue weighted by atomic mass is 16.5. The van der Waals surface area contributed by atoms with E-state index in [1.165, 1.54) is 12.8 Å². The monoisotopic (exact) mass is 286 g/mol. The minimum atomic E-state index is -0.300. The zero-order valence-corrected chi connectivity index (χ0v) is 12.2. The third-order valence-electron chi connectivity index (χ3n) is 3.51. The van der Waals surface area contributed by atoms with Crippen LogP contribution in [0.4, 0.5) is 5.69 Å². The van der Waals surface area contributed by atoms with Gasteiger partial charge in [-0.3, -0.25) is 4.79 Å². The van der Waals surface area contributed by atoms with Gasteiger partial charge in [0, 0.05) is 31.9 Å². The smallest absolute Gasteiger partial charge is 0.316 e. The molecule has 110 valence electrons. The van der Waals surface area contributed by atoms with Gasteiger partial charge in [0.2, 0.25) is 5.82 Å². The summed E-state index contributed by atoms with van der Waals surface area (Å²) < 4.78 is 5.03. The number of amides is 1. The predicted octanol–water partition coefficient (Wildman–Crippen LogP) is 1.94. The van der Waals surface area contributed by atoms with Crippen LogP contribution in [0, 0.1) is 5.92 Å². The van der Waals surface area contributed by atoms with Gasteiger partial charge in [0.15, 0.2) is 0 Å². The van der Waals surface area contributed by atoms with E-state index in [2.05, 4.69) is 15.5 Å². The fraction of sp³-hybridized carbons (Fsp3) is 0.400. The molecule has 0 bridgehead atoms. The number of benzene rings is 1.